The van der Waals surface area contributed by atoms with Crippen molar-refractivity contribution in [3.63, 3.8) is 0 Å². The average Bonchev–Trinajstić information content (AvgIpc) is 3.22. The van der Waals surface area contributed by atoms with Crippen molar-refractivity contribution in [3.8, 4) is 17.3 Å². The van der Waals surface area contributed by atoms with Crippen molar-refractivity contribution >= 4 is 0 Å². The standard InChI is InChI=1S/C17H16N4O/c1-2-16-14(4-10-22-16)11-13(1)3-8-21-9-7-20-17(21)15-12-18-5-6-19-15/h1-2,5-7,9,11-12H,3-4,8,10H2. The Bertz CT molecular complexity index is 782. The molecule has 0 unspecified atom stereocenters. The molecule has 0 saturated heterocycles. The fraction of sp³-hybridized carbons (Fsp3) is 0.235. The van der Waals surface area contributed by atoms with E-state index in [0.717, 1.165) is 43.3 Å². The summed E-state index contributed by atoms with van der Waals surface area (Å²) < 4.78 is 7.67. The van der Waals surface area contributed by atoms with Crippen LogP contribution >= 0.6 is 0 Å². The lowest BCUT2D eigenvalue weighted by Crippen LogP contribution is -2.03. The average molecular weight is 292 g/mol. The molecule has 1 aromatic carbocycles. The number of ether oxygens (including phenoxy) is 1. The number of aromatic nitrogens is 4. The Kier molecular flexibility index (Phi) is 3.31. The minimum Gasteiger partial charge on any atom is -0.493 e. The van der Waals surface area contributed by atoms with E-state index in [9.17, 15) is 0 Å². The van der Waals surface area contributed by atoms with Gasteiger partial charge in [-0.3, -0.25) is 4.98 Å². The molecule has 4 rings (SSSR count). The quantitative estimate of drug-likeness (QED) is 0.741. The van der Waals surface area contributed by atoms with Crippen LogP contribution in [0.4, 0.5) is 0 Å². The third-order valence-corrected chi connectivity index (χ3v) is 3.90. The van der Waals surface area contributed by atoms with Crippen molar-refractivity contribution in [1.82, 2.24) is 19.5 Å². The summed E-state index contributed by atoms with van der Waals surface area (Å²) in [6.45, 7) is 1.67. The maximum absolute atomic E-state index is 5.55. The first-order valence-electron chi connectivity index (χ1n) is 7.42. The van der Waals surface area contributed by atoms with Crippen LogP contribution < -0.4 is 4.74 Å². The van der Waals surface area contributed by atoms with Gasteiger partial charge in [0.15, 0.2) is 5.82 Å². The van der Waals surface area contributed by atoms with E-state index in [1.54, 1.807) is 24.8 Å². The van der Waals surface area contributed by atoms with Gasteiger partial charge in [-0.25, -0.2) is 9.97 Å². The molecule has 2 aromatic heterocycles. The highest BCUT2D eigenvalue weighted by atomic mass is 16.5. The zero-order valence-corrected chi connectivity index (χ0v) is 12.1. The molecule has 5 heteroatoms. The van der Waals surface area contributed by atoms with E-state index in [1.165, 1.54) is 11.1 Å². The van der Waals surface area contributed by atoms with Gasteiger partial charge in [0.2, 0.25) is 0 Å². The number of nitrogens with zero attached hydrogens (tertiary/aromatic N) is 4. The first-order valence-corrected chi connectivity index (χ1v) is 7.42. The maximum Gasteiger partial charge on any atom is 0.160 e. The summed E-state index contributed by atoms with van der Waals surface area (Å²) in [4.78, 5) is 12.8. The molecule has 3 heterocycles. The van der Waals surface area contributed by atoms with E-state index in [0.29, 0.717) is 0 Å². The fourth-order valence-corrected chi connectivity index (χ4v) is 2.78. The van der Waals surface area contributed by atoms with E-state index < -0.39 is 0 Å². The summed E-state index contributed by atoms with van der Waals surface area (Å²) in [5.74, 6) is 1.89. The molecule has 0 bridgehead atoms. The summed E-state index contributed by atoms with van der Waals surface area (Å²) in [6, 6.07) is 6.47. The minimum absolute atomic E-state index is 0.801. The summed E-state index contributed by atoms with van der Waals surface area (Å²) in [6.07, 6.45) is 10.9. The molecule has 1 aliphatic heterocycles. The van der Waals surface area contributed by atoms with Crippen molar-refractivity contribution in [2.24, 2.45) is 0 Å². The number of imidazole rings is 1. The second-order valence-corrected chi connectivity index (χ2v) is 5.33. The largest absolute Gasteiger partial charge is 0.493 e. The van der Waals surface area contributed by atoms with Crippen LogP contribution in [-0.4, -0.2) is 26.1 Å². The number of benzene rings is 1. The van der Waals surface area contributed by atoms with Crippen LogP contribution in [0.15, 0.2) is 49.2 Å². The third kappa shape index (κ3) is 2.45. The lowest BCUT2D eigenvalue weighted by molar-refractivity contribution is 0.357. The Labute approximate surface area is 128 Å². The zero-order valence-electron chi connectivity index (χ0n) is 12.1. The van der Waals surface area contributed by atoms with Gasteiger partial charge in [0.25, 0.3) is 0 Å². The van der Waals surface area contributed by atoms with Gasteiger partial charge in [-0.1, -0.05) is 12.1 Å². The second-order valence-electron chi connectivity index (χ2n) is 5.33. The van der Waals surface area contributed by atoms with E-state index in [2.05, 4.69) is 37.7 Å². The Morgan fingerprint density at radius 1 is 1.14 bits per heavy atom. The van der Waals surface area contributed by atoms with Crippen LogP contribution in [-0.2, 0) is 19.4 Å². The molecule has 110 valence electrons. The highest BCUT2D eigenvalue weighted by molar-refractivity contribution is 5.47. The van der Waals surface area contributed by atoms with Crippen LogP contribution in [0.5, 0.6) is 5.75 Å². The van der Waals surface area contributed by atoms with Gasteiger partial charge in [0, 0.05) is 37.8 Å². The lowest BCUT2D eigenvalue weighted by Gasteiger charge is -2.08. The van der Waals surface area contributed by atoms with E-state index >= 15 is 0 Å². The van der Waals surface area contributed by atoms with Gasteiger partial charge in [0.1, 0.15) is 11.4 Å². The van der Waals surface area contributed by atoms with Crippen molar-refractivity contribution in [2.75, 3.05) is 6.61 Å². The number of aryl methyl sites for hydroxylation is 2. The Hall–Kier alpha value is -2.69. The predicted molar refractivity (Wildman–Crippen MR) is 82.6 cm³/mol. The first kappa shape index (κ1) is 13.0. The van der Waals surface area contributed by atoms with E-state index in [-0.39, 0.29) is 0 Å². The van der Waals surface area contributed by atoms with Crippen LogP contribution in [0, 0.1) is 0 Å². The molecule has 5 nitrogen and oxygen atoms in total. The monoisotopic (exact) mass is 292 g/mol. The number of hydrogen-bond donors (Lipinski definition) is 0. The van der Waals surface area contributed by atoms with Gasteiger partial charge >= 0.3 is 0 Å². The SMILES string of the molecule is c1cnc(-c2nccn2CCc2ccc3c(c2)CCO3)cn1. The molecule has 22 heavy (non-hydrogen) atoms. The normalized spacial score (nSPS) is 12.9. The number of hydrogen-bond acceptors (Lipinski definition) is 4. The Morgan fingerprint density at radius 2 is 2.14 bits per heavy atom. The summed E-state index contributed by atoms with van der Waals surface area (Å²) in [7, 11) is 0. The first-order chi connectivity index (χ1) is 10.9. The summed E-state index contributed by atoms with van der Waals surface area (Å²) in [5.41, 5.74) is 3.44. The van der Waals surface area contributed by atoms with Crippen LogP contribution in [0.25, 0.3) is 11.5 Å². The molecular formula is C17H16N4O. The molecule has 0 radical (unpaired) electrons. The molecule has 0 amide bonds. The Morgan fingerprint density at radius 3 is 3.05 bits per heavy atom. The van der Waals surface area contributed by atoms with Crippen LogP contribution in [0.3, 0.4) is 0 Å². The Balaban J connectivity index is 1.52. The van der Waals surface area contributed by atoms with Crippen molar-refractivity contribution in [1.29, 1.82) is 0 Å². The molecule has 0 saturated carbocycles. The van der Waals surface area contributed by atoms with Crippen molar-refractivity contribution in [3.05, 3.63) is 60.3 Å². The van der Waals surface area contributed by atoms with E-state index in [4.69, 9.17) is 4.74 Å². The molecule has 0 aliphatic carbocycles. The molecule has 0 atom stereocenters. The smallest absolute Gasteiger partial charge is 0.160 e. The summed E-state index contributed by atoms with van der Waals surface area (Å²) in [5, 5.41) is 0. The van der Waals surface area contributed by atoms with Gasteiger partial charge < -0.3 is 9.30 Å². The molecule has 0 spiro atoms. The second kappa shape index (κ2) is 5.60. The molecular weight excluding hydrogens is 276 g/mol. The highest BCUT2D eigenvalue weighted by Crippen LogP contribution is 2.26. The number of fused-ring (bicyclic) bond motifs is 1. The predicted octanol–water partition coefficient (Wildman–Crippen LogP) is 2.52. The highest BCUT2D eigenvalue weighted by Gasteiger charge is 2.12. The van der Waals surface area contributed by atoms with Crippen LogP contribution in [0.1, 0.15) is 11.1 Å². The lowest BCUT2D eigenvalue weighted by atomic mass is 10.1. The molecule has 3 aromatic rings. The molecule has 1 aliphatic rings. The van der Waals surface area contributed by atoms with Crippen molar-refractivity contribution in [2.45, 2.75) is 19.4 Å². The van der Waals surface area contributed by atoms with Crippen LogP contribution in [0.2, 0.25) is 0 Å². The minimum atomic E-state index is 0.801. The van der Waals surface area contributed by atoms with Gasteiger partial charge in [0.05, 0.1) is 12.8 Å². The molecule has 0 N–H and O–H groups in total. The fourth-order valence-electron chi connectivity index (χ4n) is 2.78. The van der Waals surface area contributed by atoms with E-state index in [1.807, 2.05) is 6.20 Å². The van der Waals surface area contributed by atoms with Gasteiger partial charge in [-0.2, -0.15) is 0 Å². The molecule has 0 fully saturated rings. The van der Waals surface area contributed by atoms with Crippen molar-refractivity contribution < 1.29 is 4.74 Å². The zero-order chi connectivity index (χ0) is 14.8. The van der Waals surface area contributed by atoms with Gasteiger partial charge in [-0.05, 0) is 23.6 Å². The third-order valence-electron chi connectivity index (χ3n) is 3.90. The van der Waals surface area contributed by atoms with Gasteiger partial charge in [-0.15, -0.1) is 0 Å². The topological polar surface area (TPSA) is 52.8 Å². The number of rotatable bonds is 4. The summed E-state index contributed by atoms with van der Waals surface area (Å²) >= 11 is 0. The maximum atomic E-state index is 5.55.